The highest BCUT2D eigenvalue weighted by Gasteiger charge is 2.46. The normalized spacial score (nSPS) is 12.7. The van der Waals surface area contributed by atoms with Crippen LogP contribution in [0, 0.1) is 0 Å². The summed E-state index contributed by atoms with van der Waals surface area (Å²) < 4.78 is 2.37. The molecule has 286 valence electrons. The van der Waals surface area contributed by atoms with Gasteiger partial charge < -0.3 is 9.47 Å². The minimum Gasteiger partial charge on any atom is -0.310 e. The lowest BCUT2D eigenvalue weighted by molar-refractivity contribution is 0.768. The first kappa shape index (κ1) is 35.0. The van der Waals surface area contributed by atoms with Gasteiger partial charge in [0, 0.05) is 33.5 Å². The van der Waals surface area contributed by atoms with Crippen LogP contribution in [0.3, 0.4) is 0 Å². The second kappa shape index (κ2) is 14.1. The first-order chi connectivity index (χ1) is 30.3. The van der Waals surface area contributed by atoms with Crippen LogP contribution in [0.2, 0.25) is 0 Å². The molecule has 0 aliphatic heterocycles. The third-order valence-corrected chi connectivity index (χ3v) is 12.8. The van der Waals surface area contributed by atoms with Gasteiger partial charge >= 0.3 is 0 Å². The van der Waals surface area contributed by atoms with E-state index in [0.29, 0.717) is 0 Å². The molecule has 0 bridgehead atoms. The standard InChI is InChI=1S/C59H40N2/c1-4-18-45(19-5-1)59(46-20-6-2-7-21-46)55-26-14-12-24-51(55)52-36-35-50(40-56(52)59)60(49-34-30-41-16-10-11-17-43(41)38-49)48-32-28-42(29-33-48)44-31-37-58-54(39-44)53-25-13-15-27-57(53)61(58)47-22-8-3-9-23-47/h1-40H. The summed E-state index contributed by atoms with van der Waals surface area (Å²) in [5.41, 5.74) is 16.4. The Hall–Kier alpha value is -7.94. The highest BCUT2D eigenvalue weighted by Crippen LogP contribution is 2.57. The molecule has 61 heavy (non-hydrogen) atoms. The molecule has 2 heteroatoms. The van der Waals surface area contributed by atoms with Crippen LogP contribution in [-0.4, -0.2) is 4.57 Å². The maximum absolute atomic E-state index is 2.45. The van der Waals surface area contributed by atoms with Gasteiger partial charge in [0.05, 0.1) is 16.4 Å². The lowest BCUT2D eigenvalue weighted by Gasteiger charge is -2.35. The highest BCUT2D eigenvalue weighted by atomic mass is 15.1. The summed E-state index contributed by atoms with van der Waals surface area (Å²) >= 11 is 0. The fourth-order valence-electron chi connectivity index (χ4n) is 10.1. The average Bonchev–Trinajstić information content (AvgIpc) is 3.83. The Morgan fingerprint density at radius 2 is 0.885 bits per heavy atom. The minimum atomic E-state index is -0.494. The lowest BCUT2D eigenvalue weighted by Crippen LogP contribution is -2.28. The fraction of sp³-hybridized carbons (Fsp3) is 0.0169. The van der Waals surface area contributed by atoms with E-state index < -0.39 is 5.41 Å². The molecule has 1 aromatic heterocycles. The SMILES string of the molecule is c1ccc(-n2c3ccccc3c3cc(-c4ccc(N(c5ccc6c(c5)C(c5ccccc5)(c5ccccc5)c5ccccc5-6)c5ccc6ccccc6c5)cc4)ccc32)cc1. The van der Waals surface area contributed by atoms with Crippen molar-refractivity contribution in [2.24, 2.45) is 0 Å². The summed E-state index contributed by atoms with van der Waals surface area (Å²) in [5.74, 6) is 0. The maximum atomic E-state index is 2.45. The molecule has 11 aromatic rings. The molecule has 0 unspecified atom stereocenters. The molecule has 12 rings (SSSR count). The van der Waals surface area contributed by atoms with E-state index in [0.717, 1.165) is 17.1 Å². The van der Waals surface area contributed by atoms with Gasteiger partial charge in [-0.25, -0.2) is 0 Å². The van der Waals surface area contributed by atoms with Crippen molar-refractivity contribution >= 4 is 49.6 Å². The van der Waals surface area contributed by atoms with E-state index in [1.165, 1.54) is 82.8 Å². The number of rotatable bonds is 7. The number of hydrogen-bond acceptors (Lipinski definition) is 1. The van der Waals surface area contributed by atoms with Crippen LogP contribution in [0.1, 0.15) is 22.3 Å². The zero-order chi connectivity index (χ0) is 40.3. The highest BCUT2D eigenvalue weighted by molar-refractivity contribution is 6.10. The van der Waals surface area contributed by atoms with Crippen molar-refractivity contribution in [3.8, 4) is 27.9 Å². The number of anilines is 3. The van der Waals surface area contributed by atoms with Gasteiger partial charge in [-0.15, -0.1) is 0 Å². The molecule has 1 aliphatic carbocycles. The van der Waals surface area contributed by atoms with Crippen LogP contribution in [-0.2, 0) is 5.41 Å². The van der Waals surface area contributed by atoms with Gasteiger partial charge in [-0.1, -0.05) is 176 Å². The van der Waals surface area contributed by atoms with Crippen molar-refractivity contribution in [3.05, 3.63) is 265 Å². The second-order valence-electron chi connectivity index (χ2n) is 16.1. The molecule has 2 nitrogen and oxygen atoms in total. The van der Waals surface area contributed by atoms with Crippen molar-refractivity contribution in [3.63, 3.8) is 0 Å². The molecule has 0 spiro atoms. The molecule has 0 amide bonds. The number of fused-ring (bicyclic) bond motifs is 7. The van der Waals surface area contributed by atoms with Crippen molar-refractivity contribution in [2.75, 3.05) is 4.90 Å². The quantitative estimate of drug-likeness (QED) is 0.156. The predicted molar refractivity (Wildman–Crippen MR) is 256 cm³/mol. The number of para-hydroxylation sites is 2. The van der Waals surface area contributed by atoms with Gasteiger partial charge in [-0.2, -0.15) is 0 Å². The van der Waals surface area contributed by atoms with Crippen LogP contribution in [0.15, 0.2) is 243 Å². The van der Waals surface area contributed by atoms with E-state index in [1.807, 2.05) is 0 Å². The fourth-order valence-corrected chi connectivity index (χ4v) is 10.1. The Morgan fingerprint density at radius 1 is 0.328 bits per heavy atom. The Morgan fingerprint density at radius 3 is 1.66 bits per heavy atom. The zero-order valence-corrected chi connectivity index (χ0v) is 33.5. The Labute approximate surface area is 355 Å². The van der Waals surface area contributed by atoms with Crippen molar-refractivity contribution < 1.29 is 0 Å². The molecule has 1 heterocycles. The number of hydrogen-bond donors (Lipinski definition) is 0. The lowest BCUT2D eigenvalue weighted by atomic mass is 9.67. The molecule has 0 atom stereocenters. The van der Waals surface area contributed by atoms with Crippen molar-refractivity contribution in [1.29, 1.82) is 0 Å². The first-order valence-corrected chi connectivity index (χ1v) is 21.1. The van der Waals surface area contributed by atoms with Crippen LogP contribution in [0.5, 0.6) is 0 Å². The minimum absolute atomic E-state index is 0.494. The largest absolute Gasteiger partial charge is 0.310 e. The molecule has 0 N–H and O–H groups in total. The third kappa shape index (κ3) is 5.50. The van der Waals surface area contributed by atoms with E-state index in [9.17, 15) is 0 Å². The summed E-state index contributed by atoms with van der Waals surface area (Å²) in [6.07, 6.45) is 0. The number of nitrogens with zero attached hydrogens (tertiary/aromatic N) is 2. The number of benzene rings is 10. The van der Waals surface area contributed by atoms with Crippen LogP contribution in [0.4, 0.5) is 17.1 Å². The van der Waals surface area contributed by atoms with E-state index in [4.69, 9.17) is 0 Å². The molecule has 1 aliphatic rings. The van der Waals surface area contributed by atoms with Gasteiger partial charge in [0.1, 0.15) is 0 Å². The van der Waals surface area contributed by atoms with Crippen LogP contribution >= 0.6 is 0 Å². The molecule has 0 saturated carbocycles. The summed E-state index contributed by atoms with van der Waals surface area (Å²) in [6.45, 7) is 0. The smallest absolute Gasteiger partial charge is 0.0714 e. The van der Waals surface area contributed by atoms with E-state index in [1.54, 1.807) is 0 Å². The summed E-state index contributed by atoms with van der Waals surface area (Å²) in [6, 6.07) is 89.1. The van der Waals surface area contributed by atoms with Gasteiger partial charge in [0.15, 0.2) is 0 Å². The topological polar surface area (TPSA) is 8.17 Å². The summed E-state index contributed by atoms with van der Waals surface area (Å²) in [4.78, 5) is 2.43. The van der Waals surface area contributed by atoms with Gasteiger partial charge in [-0.3, -0.25) is 0 Å². The van der Waals surface area contributed by atoms with Gasteiger partial charge in [0.25, 0.3) is 0 Å². The number of aromatic nitrogens is 1. The Bertz CT molecular complexity index is 3360. The second-order valence-corrected chi connectivity index (χ2v) is 16.1. The van der Waals surface area contributed by atoms with Crippen LogP contribution in [0.25, 0.3) is 60.5 Å². The molecule has 10 aromatic carbocycles. The predicted octanol–water partition coefficient (Wildman–Crippen LogP) is 15.4. The van der Waals surface area contributed by atoms with Gasteiger partial charge in [0.2, 0.25) is 0 Å². The molecular weight excluding hydrogens is 737 g/mol. The molecular formula is C59H40N2. The monoisotopic (exact) mass is 776 g/mol. The van der Waals surface area contributed by atoms with E-state index in [-0.39, 0.29) is 0 Å². The molecule has 0 saturated heterocycles. The average molecular weight is 777 g/mol. The first-order valence-electron chi connectivity index (χ1n) is 21.1. The van der Waals surface area contributed by atoms with Crippen LogP contribution < -0.4 is 4.90 Å². The van der Waals surface area contributed by atoms with Crippen molar-refractivity contribution in [2.45, 2.75) is 5.41 Å². The van der Waals surface area contributed by atoms with E-state index >= 15 is 0 Å². The Kier molecular flexibility index (Phi) is 8.11. The van der Waals surface area contributed by atoms with Gasteiger partial charge in [-0.05, 0) is 122 Å². The molecule has 0 fully saturated rings. The summed E-state index contributed by atoms with van der Waals surface area (Å²) in [5, 5.41) is 4.93. The zero-order valence-electron chi connectivity index (χ0n) is 33.5. The van der Waals surface area contributed by atoms with E-state index in [2.05, 4.69) is 252 Å². The summed E-state index contributed by atoms with van der Waals surface area (Å²) in [7, 11) is 0. The maximum Gasteiger partial charge on any atom is 0.0714 e. The van der Waals surface area contributed by atoms with Crippen molar-refractivity contribution in [1.82, 2.24) is 4.57 Å². The third-order valence-electron chi connectivity index (χ3n) is 12.8. The Balaban J connectivity index is 1.03. The molecule has 0 radical (unpaired) electrons.